The van der Waals surface area contributed by atoms with Crippen LogP contribution in [0.25, 0.3) is 0 Å². The minimum Gasteiger partial charge on any atom is -0.346 e. The van der Waals surface area contributed by atoms with Gasteiger partial charge in [0.15, 0.2) is 0 Å². The zero-order valence-corrected chi connectivity index (χ0v) is 5.39. The van der Waals surface area contributed by atoms with Crippen LogP contribution in [-0.4, -0.2) is 19.1 Å². The van der Waals surface area contributed by atoms with Gasteiger partial charge in [0, 0.05) is 6.04 Å². The van der Waals surface area contributed by atoms with Crippen LogP contribution < -0.4 is 10.6 Å². The third-order valence-corrected chi connectivity index (χ3v) is 1.68. The molecule has 0 saturated heterocycles. The largest absolute Gasteiger partial charge is 0.346 e. The summed E-state index contributed by atoms with van der Waals surface area (Å²) in [5.74, 6) is 0. The standard InChI is InChI=1S/C6H12N2O/c9-5-7-4-8-6-2-1-3-6/h5-6,8H,1-4H2,(H,7,9). The summed E-state index contributed by atoms with van der Waals surface area (Å²) in [6.45, 7) is 0.619. The van der Waals surface area contributed by atoms with Crippen molar-refractivity contribution in [1.29, 1.82) is 0 Å². The molecule has 0 aromatic heterocycles. The second-order valence-corrected chi connectivity index (χ2v) is 2.33. The number of hydrogen-bond donors (Lipinski definition) is 2. The van der Waals surface area contributed by atoms with Crippen molar-refractivity contribution >= 4 is 6.41 Å². The number of nitrogens with one attached hydrogen (secondary N) is 2. The van der Waals surface area contributed by atoms with Gasteiger partial charge < -0.3 is 5.32 Å². The van der Waals surface area contributed by atoms with E-state index in [-0.39, 0.29) is 0 Å². The predicted molar refractivity (Wildman–Crippen MR) is 34.8 cm³/mol. The fourth-order valence-corrected chi connectivity index (χ4v) is 0.857. The summed E-state index contributed by atoms with van der Waals surface area (Å²) in [5.41, 5.74) is 0. The van der Waals surface area contributed by atoms with Crippen molar-refractivity contribution in [1.82, 2.24) is 10.6 Å². The molecule has 3 nitrogen and oxygen atoms in total. The number of rotatable bonds is 4. The molecule has 3 heteroatoms. The molecule has 1 saturated carbocycles. The Morgan fingerprint density at radius 3 is 2.78 bits per heavy atom. The Bertz CT molecular complexity index is 91.1. The molecule has 0 unspecified atom stereocenters. The third-order valence-electron chi connectivity index (χ3n) is 1.68. The lowest BCUT2D eigenvalue weighted by atomic mass is 9.93. The first-order valence-electron chi connectivity index (χ1n) is 3.34. The number of carbonyl (C=O) groups excluding carboxylic acids is 1. The van der Waals surface area contributed by atoms with E-state index < -0.39 is 0 Å². The highest BCUT2D eigenvalue weighted by Gasteiger charge is 2.15. The van der Waals surface area contributed by atoms with Gasteiger partial charge in [-0.05, 0) is 12.8 Å². The molecule has 1 amide bonds. The van der Waals surface area contributed by atoms with E-state index in [2.05, 4.69) is 10.6 Å². The van der Waals surface area contributed by atoms with Gasteiger partial charge in [-0.2, -0.15) is 0 Å². The van der Waals surface area contributed by atoms with Gasteiger partial charge in [0.05, 0.1) is 6.67 Å². The third kappa shape index (κ3) is 2.01. The normalized spacial score (nSPS) is 18.7. The molecule has 0 aliphatic heterocycles. The fourth-order valence-electron chi connectivity index (χ4n) is 0.857. The van der Waals surface area contributed by atoms with Gasteiger partial charge in [-0.25, -0.2) is 0 Å². The lowest BCUT2D eigenvalue weighted by Gasteiger charge is -2.26. The lowest BCUT2D eigenvalue weighted by Crippen LogP contribution is -2.40. The molecule has 52 valence electrons. The Hall–Kier alpha value is -0.570. The maximum Gasteiger partial charge on any atom is 0.208 e. The zero-order valence-electron chi connectivity index (χ0n) is 5.39. The second-order valence-electron chi connectivity index (χ2n) is 2.33. The summed E-state index contributed by atoms with van der Waals surface area (Å²) in [7, 11) is 0. The number of amides is 1. The van der Waals surface area contributed by atoms with Crippen molar-refractivity contribution in [2.45, 2.75) is 25.3 Å². The minimum atomic E-state index is 0.619. The van der Waals surface area contributed by atoms with Gasteiger partial charge in [-0.15, -0.1) is 0 Å². The van der Waals surface area contributed by atoms with Gasteiger partial charge in [0.2, 0.25) is 6.41 Å². The average molecular weight is 128 g/mol. The Labute approximate surface area is 54.8 Å². The van der Waals surface area contributed by atoms with E-state index in [1.54, 1.807) is 0 Å². The molecule has 1 aliphatic carbocycles. The first kappa shape index (κ1) is 6.55. The first-order chi connectivity index (χ1) is 4.43. The van der Waals surface area contributed by atoms with Gasteiger partial charge in [0.25, 0.3) is 0 Å². The summed E-state index contributed by atoms with van der Waals surface area (Å²) in [6, 6.07) is 0.664. The van der Waals surface area contributed by atoms with Crippen molar-refractivity contribution in [2.24, 2.45) is 0 Å². The Kier molecular flexibility index (Phi) is 2.51. The lowest BCUT2D eigenvalue weighted by molar-refractivity contribution is -0.109. The Morgan fingerprint density at radius 1 is 1.56 bits per heavy atom. The van der Waals surface area contributed by atoms with E-state index in [1.165, 1.54) is 19.3 Å². The van der Waals surface area contributed by atoms with Crippen molar-refractivity contribution in [3.05, 3.63) is 0 Å². The molecule has 1 fully saturated rings. The van der Waals surface area contributed by atoms with Crippen molar-refractivity contribution in [3.8, 4) is 0 Å². The number of carbonyl (C=O) groups is 1. The van der Waals surface area contributed by atoms with E-state index in [9.17, 15) is 4.79 Å². The Morgan fingerprint density at radius 2 is 2.33 bits per heavy atom. The van der Waals surface area contributed by atoms with Crippen LogP contribution in [0.2, 0.25) is 0 Å². The highest BCUT2D eigenvalue weighted by atomic mass is 16.1. The zero-order chi connectivity index (χ0) is 6.53. The van der Waals surface area contributed by atoms with Gasteiger partial charge >= 0.3 is 0 Å². The molecule has 0 radical (unpaired) electrons. The smallest absolute Gasteiger partial charge is 0.208 e. The summed E-state index contributed by atoms with van der Waals surface area (Å²) < 4.78 is 0. The van der Waals surface area contributed by atoms with Gasteiger partial charge in [-0.3, -0.25) is 10.1 Å². The monoisotopic (exact) mass is 128 g/mol. The van der Waals surface area contributed by atoms with Gasteiger partial charge in [0.1, 0.15) is 0 Å². The molecule has 2 N–H and O–H groups in total. The topological polar surface area (TPSA) is 41.1 Å². The summed E-state index contributed by atoms with van der Waals surface area (Å²) in [6.07, 6.45) is 4.57. The quantitative estimate of drug-likeness (QED) is 0.313. The van der Waals surface area contributed by atoms with Crippen LogP contribution in [-0.2, 0) is 4.79 Å². The summed E-state index contributed by atoms with van der Waals surface area (Å²) in [4.78, 5) is 9.74. The minimum absolute atomic E-state index is 0.619. The van der Waals surface area contributed by atoms with Crippen LogP contribution in [0.4, 0.5) is 0 Å². The fraction of sp³-hybridized carbons (Fsp3) is 0.833. The summed E-state index contributed by atoms with van der Waals surface area (Å²) in [5, 5.41) is 5.73. The van der Waals surface area contributed by atoms with Crippen molar-refractivity contribution in [2.75, 3.05) is 6.67 Å². The number of hydrogen-bond acceptors (Lipinski definition) is 2. The summed E-state index contributed by atoms with van der Waals surface area (Å²) >= 11 is 0. The Balaban J connectivity index is 1.85. The van der Waals surface area contributed by atoms with E-state index >= 15 is 0 Å². The van der Waals surface area contributed by atoms with Crippen molar-refractivity contribution < 1.29 is 4.79 Å². The van der Waals surface area contributed by atoms with E-state index in [0.29, 0.717) is 19.1 Å². The van der Waals surface area contributed by atoms with Gasteiger partial charge in [-0.1, -0.05) is 6.42 Å². The molecule has 0 bridgehead atoms. The maximum absolute atomic E-state index is 9.74. The van der Waals surface area contributed by atoms with Crippen LogP contribution in [0.5, 0.6) is 0 Å². The molecule has 9 heavy (non-hydrogen) atoms. The molecule has 1 rings (SSSR count). The molecule has 1 aliphatic rings. The van der Waals surface area contributed by atoms with Crippen LogP contribution in [0, 0.1) is 0 Å². The molecule has 0 atom stereocenters. The van der Waals surface area contributed by atoms with Crippen LogP contribution in [0.15, 0.2) is 0 Å². The molecule has 0 spiro atoms. The van der Waals surface area contributed by atoms with Crippen LogP contribution in [0.3, 0.4) is 0 Å². The maximum atomic E-state index is 9.74. The van der Waals surface area contributed by atoms with Crippen molar-refractivity contribution in [3.63, 3.8) is 0 Å². The average Bonchev–Trinajstić information content (AvgIpc) is 1.76. The molecule has 0 aromatic rings. The van der Waals surface area contributed by atoms with E-state index in [1.807, 2.05) is 0 Å². The second kappa shape index (κ2) is 3.45. The molecule has 0 aromatic carbocycles. The van der Waals surface area contributed by atoms with E-state index in [4.69, 9.17) is 0 Å². The molecular formula is C6H12N2O. The SMILES string of the molecule is O=CNCNC1CCC1. The van der Waals surface area contributed by atoms with Crippen LogP contribution >= 0.6 is 0 Å². The highest BCUT2D eigenvalue weighted by Crippen LogP contribution is 2.17. The van der Waals surface area contributed by atoms with E-state index in [0.717, 1.165) is 0 Å². The predicted octanol–water partition coefficient (Wildman–Crippen LogP) is -0.168. The molecular weight excluding hydrogens is 116 g/mol. The highest BCUT2D eigenvalue weighted by molar-refractivity contribution is 5.45. The first-order valence-corrected chi connectivity index (χ1v) is 3.34. The molecule has 0 heterocycles. The van der Waals surface area contributed by atoms with Crippen LogP contribution in [0.1, 0.15) is 19.3 Å².